The van der Waals surface area contributed by atoms with Crippen LogP contribution in [0.4, 0.5) is 0 Å². The fraction of sp³-hybridized carbons (Fsp3) is 0.515. The third-order valence-corrected chi connectivity index (χ3v) is 5.57. The summed E-state index contributed by atoms with van der Waals surface area (Å²) in [6.07, 6.45) is 11.4. The van der Waals surface area contributed by atoms with Crippen LogP contribution >= 0.6 is 7.82 Å². The van der Waals surface area contributed by atoms with E-state index in [0.717, 1.165) is 19.3 Å². The van der Waals surface area contributed by atoms with E-state index in [1.54, 1.807) is 6.92 Å². The summed E-state index contributed by atoms with van der Waals surface area (Å²) in [6, 6.07) is 0. The second-order valence-electron chi connectivity index (χ2n) is 8.66. The first-order valence-corrected chi connectivity index (χ1v) is 15.3. The quantitative estimate of drug-likeness (QED) is 0.0796. The molecule has 0 saturated carbocycles. The molecule has 0 amide bonds. The van der Waals surface area contributed by atoms with Gasteiger partial charge in [0.05, 0.1) is 6.61 Å². The maximum atomic E-state index is 12.2. The average Bonchev–Trinajstić information content (AvgIpc) is 2.95. The van der Waals surface area contributed by atoms with Crippen LogP contribution in [0.25, 0.3) is 0 Å². The van der Waals surface area contributed by atoms with E-state index < -0.39 is 39.1 Å². The van der Waals surface area contributed by atoms with E-state index in [2.05, 4.69) is 94.3 Å². The Labute approximate surface area is 250 Å². The number of ether oxygens (including phenoxy) is 2. The van der Waals surface area contributed by atoms with Crippen molar-refractivity contribution in [2.45, 2.75) is 97.0 Å². The summed E-state index contributed by atoms with van der Waals surface area (Å²) >= 11 is 0. The van der Waals surface area contributed by atoms with Gasteiger partial charge in [-0.05, 0) is 84.4 Å². The molecule has 8 nitrogen and oxygen atoms in total. The maximum Gasteiger partial charge on any atom is 0.469 e. The highest BCUT2D eigenvalue weighted by Gasteiger charge is 2.22. The zero-order chi connectivity index (χ0) is 31.2. The SMILES string of the molecule is CC#CC#CC#CC#CC#CC#CC#CC(=O)OC[C@H](COP(=O)(O)O)OC(=O)CCCCCCCCCCCCC. The average molecular weight is 593 g/mol. The van der Waals surface area contributed by atoms with Crippen LogP contribution in [0.15, 0.2) is 0 Å². The maximum absolute atomic E-state index is 12.2. The van der Waals surface area contributed by atoms with Crippen LogP contribution in [0.3, 0.4) is 0 Å². The van der Waals surface area contributed by atoms with E-state index >= 15 is 0 Å². The largest absolute Gasteiger partial charge is 0.469 e. The van der Waals surface area contributed by atoms with Gasteiger partial charge in [0.1, 0.15) is 6.61 Å². The highest BCUT2D eigenvalue weighted by Crippen LogP contribution is 2.35. The van der Waals surface area contributed by atoms with Crippen molar-refractivity contribution in [1.82, 2.24) is 0 Å². The molecule has 0 rings (SSSR count). The molecule has 1 atom stereocenters. The summed E-state index contributed by atoms with van der Waals surface area (Å²) in [6.45, 7) is 2.71. The molecule has 0 aromatic rings. The fourth-order valence-corrected chi connectivity index (χ4v) is 3.50. The van der Waals surface area contributed by atoms with E-state index in [9.17, 15) is 14.2 Å². The summed E-state index contributed by atoms with van der Waals surface area (Å²) in [4.78, 5) is 41.9. The first-order valence-electron chi connectivity index (χ1n) is 13.8. The van der Waals surface area contributed by atoms with Gasteiger partial charge in [-0.25, -0.2) is 9.36 Å². The molecule has 0 spiro atoms. The van der Waals surface area contributed by atoms with Gasteiger partial charge in [0.2, 0.25) is 0 Å². The number of rotatable bonds is 18. The van der Waals surface area contributed by atoms with Crippen LogP contribution < -0.4 is 0 Å². The summed E-state index contributed by atoms with van der Waals surface area (Å²) < 4.78 is 25.6. The molecular weight excluding hydrogens is 555 g/mol. The normalized spacial score (nSPS) is 9.71. The van der Waals surface area contributed by atoms with Crippen LogP contribution in [0.5, 0.6) is 0 Å². The van der Waals surface area contributed by atoms with Gasteiger partial charge < -0.3 is 19.3 Å². The topological polar surface area (TPSA) is 119 Å². The van der Waals surface area contributed by atoms with Gasteiger partial charge in [0, 0.05) is 12.3 Å². The number of esters is 2. The summed E-state index contributed by atoms with van der Waals surface area (Å²) in [5.41, 5.74) is 0. The Kier molecular flexibility index (Phi) is 24.5. The number of carbonyl (C=O) groups excluding carboxylic acids is 2. The van der Waals surface area contributed by atoms with Gasteiger partial charge in [-0.15, -0.1) is 0 Å². The highest BCUT2D eigenvalue weighted by atomic mass is 31.2. The zero-order valence-corrected chi connectivity index (χ0v) is 25.2. The van der Waals surface area contributed by atoms with Crippen molar-refractivity contribution in [3.8, 4) is 82.9 Å². The molecule has 0 radical (unpaired) electrons. The Balaban J connectivity index is 4.51. The smallest absolute Gasteiger partial charge is 0.456 e. The van der Waals surface area contributed by atoms with Crippen LogP contribution in [-0.2, 0) is 28.2 Å². The molecule has 222 valence electrons. The molecule has 2 N–H and O–H groups in total. The Hall–Kier alpha value is -4.03. The highest BCUT2D eigenvalue weighted by molar-refractivity contribution is 7.46. The van der Waals surface area contributed by atoms with Crippen molar-refractivity contribution >= 4 is 19.8 Å². The summed E-state index contributed by atoms with van der Waals surface area (Å²) in [7, 11) is -4.82. The van der Waals surface area contributed by atoms with Crippen molar-refractivity contribution in [3.63, 3.8) is 0 Å². The van der Waals surface area contributed by atoms with Gasteiger partial charge in [-0.1, -0.05) is 77.1 Å². The molecule has 0 aliphatic rings. The number of hydrogen-bond donors (Lipinski definition) is 2. The molecule has 0 fully saturated rings. The Morgan fingerprint density at radius 1 is 0.667 bits per heavy atom. The molecule has 9 heteroatoms. The lowest BCUT2D eigenvalue weighted by molar-refractivity contribution is -0.158. The van der Waals surface area contributed by atoms with Crippen LogP contribution in [0.1, 0.15) is 90.9 Å². The lowest BCUT2D eigenvalue weighted by atomic mass is 10.1. The lowest BCUT2D eigenvalue weighted by Crippen LogP contribution is -2.29. The minimum absolute atomic E-state index is 0.132. The third kappa shape index (κ3) is 29.0. The van der Waals surface area contributed by atoms with E-state index in [1.165, 1.54) is 44.9 Å². The number of phosphoric ester groups is 1. The molecule has 42 heavy (non-hydrogen) atoms. The van der Waals surface area contributed by atoms with Gasteiger partial charge in [-0.2, -0.15) is 0 Å². The lowest BCUT2D eigenvalue weighted by Gasteiger charge is -2.17. The van der Waals surface area contributed by atoms with Crippen LogP contribution in [-0.4, -0.2) is 41.0 Å². The third-order valence-electron chi connectivity index (χ3n) is 5.09. The van der Waals surface area contributed by atoms with E-state index in [4.69, 9.17) is 19.3 Å². The minimum atomic E-state index is -4.82. The molecule has 0 aliphatic heterocycles. The van der Waals surface area contributed by atoms with E-state index in [0.29, 0.717) is 6.42 Å². The van der Waals surface area contributed by atoms with Crippen molar-refractivity contribution in [2.75, 3.05) is 13.2 Å². The second-order valence-corrected chi connectivity index (χ2v) is 9.90. The van der Waals surface area contributed by atoms with Crippen molar-refractivity contribution in [1.29, 1.82) is 0 Å². The second kappa shape index (κ2) is 27.2. The first kappa shape index (κ1) is 38.0. The molecular formula is C33H37O8P. The fourth-order valence-electron chi connectivity index (χ4n) is 3.14. The Morgan fingerprint density at radius 3 is 1.60 bits per heavy atom. The predicted molar refractivity (Wildman–Crippen MR) is 160 cm³/mol. The van der Waals surface area contributed by atoms with Gasteiger partial charge in [0.25, 0.3) is 0 Å². The number of phosphoric acid groups is 1. The van der Waals surface area contributed by atoms with Crippen molar-refractivity contribution < 1.29 is 37.9 Å². The van der Waals surface area contributed by atoms with E-state index in [-0.39, 0.29) is 6.42 Å². The molecule has 0 aliphatic carbocycles. The van der Waals surface area contributed by atoms with Gasteiger partial charge in [0.15, 0.2) is 6.10 Å². The summed E-state index contributed by atoms with van der Waals surface area (Å²) in [5.74, 6) is 32.3. The van der Waals surface area contributed by atoms with Gasteiger partial charge >= 0.3 is 19.8 Å². The first-order chi connectivity index (χ1) is 20.3. The minimum Gasteiger partial charge on any atom is -0.456 e. The van der Waals surface area contributed by atoms with Crippen molar-refractivity contribution in [2.24, 2.45) is 0 Å². The summed E-state index contributed by atoms with van der Waals surface area (Å²) in [5, 5.41) is 0. The molecule has 0 saturated heterocycles. The monoisotopic (exact) mass is 592 g/mol. The molecule has 0 unspecified atom stereocenters. The van der Waals surface area contributed by atoms with Crippen LogP contribution in [0, 0.1) is 82.9 Å². The number of hydrogen-bond acceptors (Lipinski definition) is 6. The zero-order valence-electron chi connectivity index (χ0n) is 24.3. The Bertz CT molecular complexity index is 1330. The number of carbonyl (C=O) groups is 2. The molecule has 0 aromatic heterocycles. The van der Waals surface area contributed by atoms with Crippen molar-refractivity contribution in [3.05, 3.63) is 0 Å². The van der Waals surface area contributed by atoms with E-state index in [1.807, 2.05) is 0 Å². The molecule has 0 aromatic carbocycles. The van der Waals surface area contributed by atoms with Crippen LogP contribution in [0.2, 0.25) is 0 Å². The molecule has 0 heterocycles. The number of unbranched alkanes of at least 4 members (excludes halogenated alkanes) is 10. The van der Waals surface area contributed by atoms with Gasteiger partial charge in [-0.3, -0.25) is 9.32 Å². The Morgan fingerprint density at radius 2 is 1.12 bits per heavy atom. The predicted octanol–water partition coefficient (Wildman–Crippen LogP) is 4.30. The molecule has 0 bridgehead atoms. The standard InChI is InChI=1S/C33H37O8P/c1-3-5-7-9-11-13-15-16-18-19-21-23-25-27-32(34)39-29-31(30-40-42(36,37)38)41-33(35)28-26-24-22-20-17-14-12-10-8-6-4-2/h31H,4,6,8,10,12,14,17,20,22,24,26,28-30H2,1-2H3,(H2,36,37,38)/t31-/m1/s1.